The van der Waals surface area contributed by atoms with Crippen LogP contribution < -0.4 is 4.74 Å². The molecule has 1 saturated heterocycles. The SMILES string of the molecule is C[C@H]1CC[C@H]2[C@H](O1)c1cc(Cl)ccc1OC2(C)C. The average Bonchev–Trinajstić information content (AvgIpc) is 2.30. The van der Waals surface area contributed by atoms with Crippen LogP contribution in [0.5, 0.6) is 5.75 Å². The van der Waals surface area contributed by atoms with Crippen molar-refractivity contribution in [3.63, 3.8) is 0 Å². The molecule has 1 aromatic carbocycles. The van der Waals surface area contributed by atoms with Gasteiger partial charge in [-0.1, -0.05) is 11.6 Å². The lowest BCUT2D eigenvalue weighted by Gasteiger charge is -2.48. The van der Waals surface area contributed by atoms with E-state index in [1.165, 1.54) is 0 Å². The first-order valence-corrected chi connectivity index (χ1v) is 6.99. The summed E-state index contributed by atoms with van der Waals surface area (Å²) in [5.74, 6) is 1.32. The van der Waals surface area contributed by atoms with E-state index < -0.39 is 0 Å². The quantitative estimate of drug-likeness (QED) is 0.694. The Morgan fingerprint density at radius 2 is 2.06 bits per heavy atom. The summed E-state index contributed by atoms with van der Waals surface area (Å²) in [5, 5.41) is 0.748. The second kappa shape index (κ2) is 4.14. The number of halogens is 1. The third-order valence-electron chi connectivity index (χ3n) is 4.17. The average molecular weight is 267 g/mol. The number of ether oxygens (including phenoxy) is 2. The molecule has 0 amide bonds. The van der Waals surface area contributed by atoms with E-state index in [0.29, 0.717) is 12.0 Å². The molecule has 0 aliphatic carbocycles. The van der Waals surface area contributed by atoms with Gasteiger partial charge in [0, 0.05) is 16.5 Å². The van der Waals surface area contributed by atoms with Crippen molar-refractivity contribution in [1.29, 1.82) is 0 Å². The second-order valence-electron chi connectivity index (χ2n) is 5.94. The first kappa shape index (κ1) is 12.3. The minimum absolute atomic E-state index is 0.117. The van der Waals surface area contributed by atoms with Crippen LogP contribution in [0.1, 0.15) is 45.3 Å². The number of hydrogen-bond acceptors (Lipinski definition) is 2. The van der Waals surface area contributed by atoms with Gasteiger partial charge in [0.2, 0.25) is 0 Å². The Morgan fingerprint density at radius 1 is 1.28 bits per heavy atom. The molecule has 18 heavy (non-hydrogen) atoms. The zero-order valence-electron chi connectivity index (χ0n) is 11.1. The maximum Gasteiger partial charge on any atom is 0.126 e. The second-order valence-corrected chi connectivity index (χ2v) is 6.38. The van der Waals surface area contributed by atoms with E-state index in [0.717, 1.165) is 29.2 Å². The van der Waals surface area contributed by atoms with E-state index in [1.807, 2.05) is 18.2 Å². The van der Waals surface area contributed by atoms with Crippen LogP contribution in [0.15, 0.2) is 18.2 Å². The molecule has 3 rings (SSSR count). The normalized spacial score (nSPS) is 33.2. The summed E-state index contributed by atoms with van der Waals surface area (Å²) in [6.07, 6.45) is 2.67. The molecule has 0 radical (unpaired) electrons. The van der Waals surface area contributed by atoms with Gasteiger partial charge in [-0.2, -0.15) is 0 Å². The van der Waals surface area contributed by atoms with E-state index in [4.69, 9.17) is 21.1 Å². The van der Waals surface area contributed by atoms with Crippen molar-refractivity contribution in [3.05, 3.63) is 28.8 Å². The maximum absolute atomic E-state index is 6.17. The van der Waals surface area contributed by atoms with Gasteiger partial charge >= 0.3 is 0 Å². The lowest BCUT2D eigenvalue weighted by atomic mass is 9.75. The molecule has 0 spiro atoms. The van der Waals surface area contributed by atoms with Crippen LogP contribution in [0, 0.1) is 5.92 Å². The molecule has 0 aromatic heterocycles. The molecule has 0 bridgehead atoms. The number of hydrogen-bond donors (Lipinski definition) is 0. The van der Waals surface area contributed by atoms with Gasteiger partial charge in [-0.05, 0) is 51.8 Å². The summed E-state index contributed by atoms with van der Waals surface area (Å²) in [4.78, 5) is 0. The number of rotatable bonds is 0. The Kier molecular flexibility index (Phi) is 2.83. The van der Waals surface area contributed by atoms with Gasteiger partial charge in [0.15, 0.2) is 0 Å². The zero-order valence-corrected chi connectivity index (χ0v) is 11.8. The Morgan fingerprint density at radius 3 is 2.83 bits per heavy atom. The number of fused-ring (bicyclic) bond motifs is 3. The van der Waals surface area contributed by atoms with Crippen LogP contribution >= 0.6 is 11.6 Å². The monoisotopic (exact) mass is 266 g/mol. The summed E-state index contributed by atoms with van der Waals surface area (Å²) in [6, 6.07) is 5.82. The summed E-state index contributed by atoms with van der Waals surface area (Å²) in [7, 11) is 0. The Bertz CT molecular complexity index is 470. The lowest BCUT2D eigenvalue weighted by molar-refractivity contribution is -0.144. The molecule has 98 valence electrons. The van der Waals surface area contributed by atoms with Crippen LogP contribution in [-0.2, 0) is 4.74 Å². The van der Waals surface area contributed by atoms with Crippen molar-refractivity contribution >= 4 is 11.6 Å². The predicted octanol–water partition coefficient (Wildman–Crippen LogP) is 4.37. The van der Waals surface area contributed by atoms with Crippen molar-refractivity contribution in [1.82, 2.24) is 0 Å². The van der Waals surface area contributed by atoms with Crippen LogP contribution in [0.4, 0.5) is 0 Å². The third kappa shape index (κ3) is 1.92. The smallest absolute Gasteiger partial charge is 0.126 e. The fourth-order valence-corrected chi connectivity index (χ4v) is 3.36. The molecule has 2 aliphatic rings. The molecule has 3 heteroatoms. The fourth-order valence-electron chi connectivity index (χ4n) is 3.17. The number of benzene rings is 1. The highest BCUT2D eigenvalue weighted by Gasteiger charge is 2.46. The van der Waals surface area contributed by atoms with Gasteiger partial charge in [-0.3, -0.25) is 0 Å². The molecule has 0 unspecified atom stereocenters. The highest BCUT2D eigenvalue weighted by atomic mass is 35.5. The molecular formula is C15H19ClO2. The van der Waals surface area contributed by atoms with Gasteiger partial charge < -0.3 is 9.47 Å². The summed E-state index contributed by atoms with van der Waals surface area (Å²) in [5.41, 5.74) is 0.935. The van der Waals surface area contributed by atoms with E-state index in [2.05, 4.69) is 20.8 Å². The molecule has 3 atom stereocenters. The van der Waals surface area contributed by atoms with Crippen molar-refractivity contribution in [2.45, 2.75) is 51.4 Å². The van der Waals surface area contributed by atoms with E-state index in [9.17, 15) is 0 Å². The van der Waals surface area contributed by atoms with Crippen molar-refractivity contribution < 1.29 is 9.47 Å². The highest BCUT2D eigenvalue weighted by molar-refractivity contribution is 6.30. The maximum atomic E-state index is 6.17. The zero-order chi connectivity index (χ0) is 12.9. The van der Waals surface area contributed by atoms with E-state index in [-0.39, 0.29) is 11.7 Å². The van der Waals surface area contributed by atoms with Gasteiger partial charge in [0.1, 0.15) is 11.4 Å². The summed E-state index contributed by atoms with van der Waals surface area (Å²) < 4.78 is 12.3. The Balaban J connectivity index is 2.07. The summed E-state index contributed by atoms with van der Waals surface area (Å²) >= 11 is 6.10. The van der Waals surface area contributed by atoms with Crippen LogP contribution in [0.25, 0.3) is 0 Å². The van der Waals surface area contributed by atoms with E-state index in [1.54, 1.807) is 0 Å². The van der Waals surface area contributed by atoms with E-state index >= 15 is 0 Å². The standard InChI is InChI=1S/C15H19ClO2/c1-9-4-6-12-14(17-9)11-8-10(16)5-7-13(11)18-15(12,2)3/h5,7-9,12,14H,4,6H2,1-3H3/t9-,12-,14+/m0/s1. The molecule has 0 saturated carbocycles. The van der Waals surface area contributed by atoms with Gasteiger partial charge in [-0.25, -0.2) is 0 Å². The fraction of sp³-hybridized carbons (Fsp3) is 0.600. The summed E-state index contributed by atoms with van der Waals surface area (Å²) in [6.45, 7) is 6.45. The van der Waals surface area contributed by atoms with Gasteiger partial charge in [-0.15, -0.1) is 0 Å². The first-order chi connectivity index (χ1) is 8.47. The minimum atomic E-state index is -0.175. The largest absolute Gasteiger partial charge is 0.487 e. The van der Waals surface area contributed by atoms with Crippen molar-refractivity contribution in [2.75, 3.05) is 0 Å². The molecular weight excluding hydrogens is 248 g/mol. The Hall–Kier alpha value is -0.730. The lowest BCUT2D eigenvalue weighted by Crippen LogP contribution is -2.48. The molecule has 2 aliphatic heterocycles. The first-order valence-electron chi connectivity index (χ1n) is 6.61. The predicted molar refractivity (Wildman–Crippen MR) is 72.2 cm³/mol. The topological polar surface area (TPSA) is 18.5 Å². The van der Waals surface area contributed by atoms with Crippen LogP contribution in [0.2, 0.25) is 5.02 Å². The van der Waals surface area contributed by atoms with Gasteiger partial charge in [0.05, 0.1) is 12.2 Å². The minimum Gasteiger partial charge on any atom is -0.487 e. The van der Waals surface area contributed by atoms with Crippen LogP contribution in [-0.4, -0.2) is 11.7 Å². The molecule has 1 fully saturated rings. The molecule has 1 aromatic rings. The van der Waals surface area contributed by atoms with Crippen molar-refractivity contribution in [2.24, 2.45) is 5.92 Å². The molecule has 0 N–H and O–H groups in total. The Labute approximate surface area is 113 Å². The van der Waals surface area contributed by atoms with Crippen molar-refractivity contribution in [3.8, 4) is 5.75 Å². The van der Waals surface area contributed by atoms with Gasteiger partial charge in [0.25, 0.3) is 0 Å². The van der Waals surface area contributed by atoms with Crippen LogP contribution in [0.3, 0.4) is 0 Å². The third-order valence-corrected chi connectivity index (χ3v) is 4.41. The molecule has 2 nitrogen and oxygen atoms in total. The highest BCUT2D eigenvalue weighted by Crippen LogP contribution is 2.50. The molecule has 2 heterocycles.